The number of hydrogen-bond donors (Lipinski definition) is 2. The number of rotatable bonds is 4. The molecular formula is C19H16N2O4S. The number of imide groups is 1. The van der Waals surface area contributed by atoms with E-state index in [9.17, 15) is 14.4 Å². The van der Waals surface area contributed by atoms with E-state index >= 15 is 0 Å². The molecule has 0 spiro atoms. The number of amides is 3. The van der Waals surface area contributed by atoms with Gasteiger partial charge in [0.05, 0.1) is 0 Å². The summed E-state index contributed by atoms with van der Waals surface area (Å²) in [6.07, 6.45) is -1.23. The molecule has 0 unspecified atom stereocenters. The van der Waals surface area contributed by atoms with Gasteiger partial charge in [0, 0.05) is 17.3 Å². The molecule has 26 heavy (non-hydrogen) atoms. The zero-order valence-corrected chi connectivity index (χ0v) is 14.7. The predicted octanol–water partition coefficient (Wildman–Crippen LogP) is 3.26. The van der Waals surface area contributed by atoms with Crippen LogP contribution in [0.15, 0.2) is 60.7 Å². The summed E-state index contributed by atoms with van der Waals surface area (Å²) >= 11 is 1.29. The first kappa shape index (κ1) is 17.6. The van der Waals surface area contributed by atoms with Crippen LogP contribution in [0.5, 0.6) is 0 Å². The molecule has 1 aromatic heterocycles. The monoisotopic (exact) mass is 368 g/mol. The molecule has 0 aliphatic heterocycles. The third-order valence-corrected chi connectivity index (χ3v) is 4.75. The van der Waals surface area contributed by atoms with Crippen molar-refractivity contribution >= 4 is 39.3 Å². The van der Waals surface area contributed by atoms with Crippen molar-refractivity contribution in [3.63, 3.8) is 0 Å². The van der Waals surface area contributed by atoms with Crippen molar-refractivity contribution in [1.82, 2.24) is 10.6 Å². The maximum absolute atomic E-state index is 12.6. The van der Waals surface area contributed by atoms with Crippen molar-refractivity contribution in [2.45, 2.75) is 6.10 Å². The van der Waals surface area contributed by atoms with Crippen LogP contribution < -0.4 is 10.6 Å². The molecule has 3 rings (SSSR count). The summed E-state index contributed by atoms with van der Waals surface area (Å²) in [6.45, 7) is 0. The maximum atomic E-state index is 12.6. The molecule has 0 saturated heterocycles. The summed E-state index contributed by atoms with van der Waals surface area (Å²) in [4.78, 5) is 36.8. The summed E-state index contributed by atoms with van der Waals surface area (Å²) < 4.78 is 6.39. The Kier molecular flexibility index (Phi) is 5.28. The Bertz CT molecular complexity index is 919. The number of benzene rings is 2. The molecule has 3 amide bonds. The normalized spacial score (nSPS) is 11.6. The van der Waals surface area contributed by atoms with E-state index in [-0.39, 0.29) is 0 Å². The average molecular weight is 368 g/mol. The van der Waals surface area contributed by atoms with E-state index in [1.807, 2.05) is 24.3 Å². The summed E-state index contributed by atoms with van der Waals surface area (Å²) in [6, 6.07) is 17.2. The highest BCUT2D eigenvalue weighted by Crippen LogP contribution is 2.28. The second kappa shape index (κ2) is 7.79. The minimum absolute atomic E-state index is 0.389. The molecule has 1 heterocycles. The van der Waals surface area contributed by atoms with Crippen LogP contribution in [0.2, 0.25) is 0 Å². The van der Waals surface area contributed by atoms with Crippen molar-refractivity contribution < 1.29 is 19.1 Å². The molecule has 6 nitrogen and oxygen atoms in total. The van der Waals surface area contributed by atoms with Gasteiger partial charge in [0.25, 0.3) is 5.91 Å². The predicted molar refractivity (Wildman–Crippen MR) is 99.0 cm³/mol. The molecule has 2 N–H and O–H groups in total. The molecule has 1 atom stereocenters. The first-order chi connectivity index (χ1) is 12.6. The maximum Gasteiger partial charge on any atom is 0.349 e. The Balaban J connectivity index is 1.85. The highest BCUT2D eigenvalue weighted by atomic mass is 32.1. The Labute approximate surface area is 153 Å². The van der Waals surface area contributed by atoms with Crippen LogP contribution in [-0.4, -0.2) is 25.0 Å². The minimum Gasteiger partial charge on any atom is -0.443 e. The van der Waals surface area contributed by atoms with E-state index in [1.165, 1.54) is 18.4 Å². The number of thiophene rings is 1. The number of nitrogens with one attached hydrogen (secondary N) is 2. The fraction of sp³-hybridized carbons (Fsp3) is 0.105. The number of fused-ring (bicyclic) bond motifs is 1. The van der Waals surface area contributed by atoms with Crippen LogP contribution >= 0.6 is 11.3 Å². The number of carbonyl (C=O) groups is 3. The lowest BCUT2D eigenvalue weighted by atomic mass is 10.1. The quantitative estimate of drug-likeness (QED) is 0.693. The van der Waals surface area contributed by atoms with Gasteiger partial charge in [0.2, 0.25) is 6.10 Å². The van der Waals surface area contributed by atoms with Crippen molar-refractivity contribution in [3.8, 4) is 0 Å². The van der Waals surface area contributed by atoms with Crippen LogP contribution in [0, 0.1) is 0 Å². The number of carbonyl (C=O) groups excluding carboxylic acids is 3. The van der Waals surface area contributed by atoms with Gasteiger partial charge in [-0.25, -0.2) is 9.59 Å². The van der Waals surface area contributed by atoms with Crippen molar-refractivity contribution in [3.05, 3.63) is 71.1 Å². The number of ether oxygens (including phenoxy) is 1. The zero-order chi connectivity index (χ0) is 18.5. The van der Waals surface area contributed by atoms with Gasteiger partial charge >= 0.3 is 12.0 Å². The van der Waals surface area contributed by atoms with Gasteiger partial charge in [-0.15, -0.1) is 11.3 Å². The van der Waals surface area contributed by atoms with Crippen molar-refractivity contribution in [2.24, 2.45) is 0 Å². The number of esters is 1. The number of hydrogen-bond acceptors (Lipinski definition) is 5. The lowest BCUT2D eigenvalue weighted by molar-refractivity contribution is -0.129. The Hall–Kier alpha value is -3.19. The zero-order valence-electron chi connectivity index (χ0n) is 13.9. The van der Waals surface area contributed by atoms with Gasteiger partial charge in [-0.2, -0.15) is 0 Å². The van der Waals surface area contributed by atoms with Crippen LogP contribution in [0.4, 0.5) is 4.79 Å². The smallest absolute Gasteiger partial charge is 0.349 e. The summed E-state index contributed by atoms with van der Waals surface area (Å²) in [5.74, 6) is -1.34. The highest BCUT2D eigenvalue weighted by molar-refractivity contribution is 7.20. The largest absolute Gasteiger partial charge is 0.443 e. The Morgan fingerprint density at radius 3 is 2.38 bits per heavy atom. The molecule has 2 aromatic carbocycles. The van der Waals surface area contributed by atoms with Gasteiger partial charge in [-0.3, -0.25) is 10.1 Å². The molecule has 0 saturated carbocycles. The average Bonchev–Trinajstić information content (AvgIpc) is 3.10. The lowest BCUT2D eigenvalue weighted by Gasteiger charge is -2.17. The summed E-state index contributed by atoms with van der Waals surface area (Å²) in [5.41, 5.74) is 0.475. The molecule has 0 radical (unpaired) electrons. The molecule has 0 fully saturated rings. The Morgan fingerprint density at radius 1 is 1.00 bits per heavy atom. The van der Waals surface area contributed by atoms with E-state index in [0.29, 0.717) is 10.4 Å². The minimum atomic E-state index is -1.23. The SMILES string of the molecule is CNC(=O)NC(=O)[C@@H](OC(=O)c1cc2ccccc2s1)c1ccccc1. The van der Waals surface area contributed by atoms with Crippen molar-refractivity contribution in [2.75, 3.05) is 7.05 Å². The first-order valence-corrected chi connectivity index (χ1v) is 8.67. The van der Waals surface area contributed by atoms with E-state index < -0.39 is 24.0 Å². The molecule has 132 valence electrons. The van der Waals surface area contributed by atoms with Gasteiger partial charge < -0.3 is 10.1 Å². The third kappa shape index (κ3) is 3.89. The van der Waals surface area contributed by atoms with Gasteiger partial charge in [0.15, 0.2) is 0 Å². The van der Waals surface area contributed by atoms with E-state index in [0.717, 1.165) is 10.1 Å². The molecule has 0 aliphatic rings. The topological polar surface area (TPSA) is 84.5 Å². The van der Waals surface area contributed by atoms with Crippen LogP contribution in [0.25, 0.3) is 10.1 Å². The van der Waals surface area contributed by atoms with Crippen molar-refractivity contribution in [1.29, 1.82) is 0 Å². The van der Waals surface area contributed by atoms with E-state index in [2.05, 4.69) is 10.6 Å². The van der Waals surface area contributed by atoms with Gasteiger partial charge in [0.1, 0.15) is 4.88 Å². The van der Waals surface area contributed by atoms with Crippen LogP contribution in [0.1, 0.15) is 21.3 Å². The van der Waals surface area contributed by atoms with E-state index in [4.69, 9.17) is 4.74 Å². The number of urea groups is 1. The van der Waals surface area contributed by atoms with Gasteiger partial charge in [-0.1, -0.05) is 48.5 Å². The van der Waals surface area contributed by atoms with Crippen LogP contribution in [0.3, 0.4) is 0 Å². The van der Waals surface area contributed by atoms with Gasteiger partial charge in [-0.05, 0) is 17.5 Å². The molecular weight excluding hydrogens is 352 g/mol. The standard InChI is InChI=1S/C19H16N2O4S/c1-20-19(24)21-17(22)16(12-7-3-2-4-8-12)25-18(23)15-11-13-9-5-6-10-14(13)26-15/h2-11,16H,1H3,(H2,20,21,22,24)/t16-/m0/s1. The molecule has 7 heteroatoms. The van der Waals surface area contributed by atoms with Crippen LogP contribution in [-0.2, 0) is 9.53 Å². The second-order valence-electron chi connectivity index (χ2n) is 5.41. The third-order valence-electron chi connectivity index (χ3n) is 3.66. The summed E-state index contributed by atoms with van der Waals surface area (Å²) in [5, 5.41) is 5.37. The molecule has 3 aromatic rings. The second-order valence-corrected chi connectivity index (χ2v) is 6.50. The molecule has 0 aliphatic carbocycles. The fourth-order valence-electron chi connectivity index (χ4n) is 2.39. The highest BCUT2D eigenvalue weighted by Gasteiger charge is 2.27. The summed E-state index contributed by atoms with van der Waals surface area (Å²) in [7, 11) is 1.39. The lowest BCUT2D eigenvalue weighted by Crippen LogP contribution is -2.41. The van der Waals surface area contributed by atoms with E-state index in [1.54, 1.807) is 36.4 Å². The first-order valence-electron chi connectivity index (χ1n) is 7.85. The fourth-order valence-corrected chi connectivity index (χ4v) is 3.33. The Morgan fingerprint density at radius 2 is 1.69 bits per heavy atom. The molecule has 0 bridgehead atoms.